The Labute approximate surface area is 185 Å². The van der Waals surface area contributed by atoms with Crippen LogP contribution in [0.25, 0.3) is 10.9 Å². The van der Waals surface area contributed by atoms with E-state index in [0.29, 0.717) is 29.3 Å². The number of hydrogen-bond acceptors (Lipinski definition) is 4. The summed E-state index contributed by atoms with van der Waals surface area (Å²) < 4.78 is 0.796. The molecule has 5 nitrogen and oxygen atoms in total. The van der Waals surface area contributed by atoms with E-state index in [1.165, 1.54) is 0 Å². The van der Waals surface area contributed by atoms with Crippen LogP contribution in [0.4, 0.5) is 11.4 Å². The molecule has 0 aromatic heterocycles. The first-order chi connectivity index (χ1) is 12.2. The van der Waals surface area contributed by atoms with Crippen molar-refractivity contribution in [2.75, 3.05) is 11.9 Å². The number of halogens is 1. The number of benzene rings is 2. The molecular formula is C19H15BrN3O2Y-. The van der Waals surface area contributed by atoms with Gasteiger partial charge >= 0.3 is 0 Å². The van der Waals surface area contributed by atoms with Crippen molar-refractivity contribution in [2.45, 2.75) is 13.3 Å². The molecule has 2 aliphatic rings. The standard InChI is InChI=1S/C19H16BrN3O2.Y/c1-2-10-25-23-17-11-6-3-4-9-14(11)21-18(17)15-12-7-5-8-13(20)16(12)22-19(15)24;/h3-9H,2,10H2,1H3,(H2,21,22,23,24);/p-1. The Hall–Kier alpha value is -1.50. The van der Waals surface area contributed by atoms with Gasteiger partial charge in [0.2, 0.25) is 0 Å². The van der Waals surface area contributed by atoms with E-state index in [9.17, 15) is 4.79 Å². The first-order valence-electron chi connectivity index (χ1n) is 8.06. The van der Waals surface area contributed by atoms with Crippen LogP contribution in [-0.4, -0.2) is 18.2 Å². The summed E-state index contributed by atoms with van der Waals surface area (Å²) in [6.07, 6.45) is 0.863. The van der Waals surface area contributed by atoms with Gasteiger partial charge in [-0.2, -0.15) is 0 Å². The van der Waals surface area contributed by atoms with E-state index in [1.54, 1.807) is 0 Å². The smallest absolute Gasteiger partial charge is 0.136 e. The summed E-state index contributed by atoms with van der Waals surface area (Å²) in [6.45, 7) is 2.54. The largest absolute Gasteiger partial charge is 0.621 e. The molecule has 0 bridgehead atoms. The summed E-state index contributed by atoms with van der Waals surface area (Å²) in [4.78, 5) is 18.0. The summed E-state index contributed by atoms with van der Waals surface area (Å²) in [6, 6.07) is 13.5. The SMILES string of the molecule is CCCO/N=C1/C(=C2/C(=O)[N-]c3c(Br)cccc32)Nc2ccccc21.[Y]. The van der Waals surface area contributed by atoms with Crippen molar-refractivity contribution in [1.29, 1.82) is 0 Å². The predicted molar refractivity (Wildman–Crippen MR) is 102 cm³/mol. The second-order valence-corrected chi connectivity index (χ2v) is 6.60. The molecule has 2 heterocycles. The van der Waals surface area contributed by atoms with Crippen LogP contribution in [0.3, 0.4) is 0 Å². The van der Waals surface area contributed by atoms with Crippen LogP contribution in [0, 0.1) is 0 Å². The Kier molecular flexibility index (Phi) is 5.95. The third kappa shape index (κ3) is 3.26. The summed E-state index contributed by atoms with van der Waals surface area (Å²) in [7, 11) is 0. The summed E-state index contributed by atoms with van der Waals surface area (Å²) in [5, 5.41) is 11.8. The number of anilines is 1. The average molecular weight is 486 g/mol. The number of fused-ring (bicyclic) bond motifs is 2. The van der Waals surface area contributed by atoms with Crippen molar-refractivity contribution >= 4 is 44.5 Å². The minimum absolute atomic E-state index is 0. The van der Waals surface area contributed by atoms with Crippen molar-refractivity contribution in [2.24, 2.45) is 5.16 Å². The van der Waals surface area contributed by atoms with E-state index < -0.39 is 0 Å². The second kappa shape index (κ2) is 8.03. The topological polar surface area (TPSA) is 64.8 Å². The first-order valence-corrected chi connectivity index (χ1v) is 8.86. The molecule has 0 saturated carbocycles. The molecule has 0 fully saturated rings. The number of hydrogen-bond donors (Lipinski definition) is 1. The van der Waals surface area contributed by atoms with Crippen molar-refractivity contribution in [3.05, 3.63) is 69.1 Å². The molecule has 2 aromatic rings. The number of carbonyl (C=O) groups excluding carboxylic acids is 1. The minimum Gasteiger partial charge on any atom is -0.621 e. The maximum Gasteiger partial charge on any atom is 0.136 e. The van der Waals surface area contributed by atoms with Crippen LogP contribution in [0.2, 0.25) is 0 Å². The van der Waals surface area contributed by atoms with Gasteiger partial charge in [0, 0.05) is 54.0 Å². The number of amides is 1. The average Bonchev–Trinajstić information content (AvgIpc) is 3.13. The van der Waals surface area contributed by atoms with Gasteiger partial charge in [0.1, 0.15) is 12.3 Å². The van der Waals surface area contributed by atoms with Crippen LogP contribution in [-0.2, 0) is 42.3 Å². The number of oxime groups is 1. The Bertz CT molecular complexity index is 940. The summed E-state index contributed by atoms with van der Waals surface area (Å²) in [5.74, 6) is -0.277. The van der Waals surface area contributed by atoms with Crippen LogP contribution in [0.1, 0.15) is 24.5 Å². The quantitative estimate of drug-likeness (QED) is 0.379. The van der Waals surface area contributed by atoms with E-state index in [-0.39, 0.29) is 38.6 Å². The third-order valence-electron chi connectivity index (χ3n) is 4.06. The van der Waals surface area contributed by atoms with Gasteiger partial charge in [0.15, 0.2) is 0 Å². The second-order valence-electron chi connectivity index (χ2n) is 5.75. The molecule has 129 valence electrons. The van der Waals surface area contributed by atoms with Crippen molar-refractivity contribution in [1.82, 2.24) is 0 Å². The van der Waals surface area contributed by atoms with E-state index in [0.717, 1.165) is 27.7 Å². The van der Waals surface area contributed by atoms with Crippen molar-refractivity contribution in [3.63, 3.8) is 0 Å². The maximum atomic E-state index is 12.6. The van der Waals surface area contributed by atoms with Gasteiger partial charge in [-0.3, -0.25) is 0 Å². The number of carbonyl (C=O) groups is 1. The molecule has 0 spiro atoms. The molecule has 26 heavy (non-hydrogen) atoms. The maximum absolute atomic E-state index is 12.6. The summed E-state index contributed by atoms with van der Waals surface area (Å²) in [5.41, 5.74) is 5.06. The number of rotatable bonds is 3. The van der Waals surface area contributed by atoms with E-state index >= 15 is 0 Å². The molecular weight excluding hydrogens is 471 g/mol. The number of nitrogens with zero attached hydrogens (tertiary/aromatic N) is 2. The predicted octanol–water partition coefficient (Wildman–Crippen LogP) is 4.96. The van der Waals surface area contributed by atoms with Gasteiger partial charge in [0.05, 0.1) is 11.6 Å². The Morgan fingerprint density at radius 1 is 1.15 bits per heavy atom. The molecule has 4 rings (SSSR count). The van der Waals surface area contributed by atoms with Gasteiger partial charge in [0.25, 0.3) is 0 Å². The van der Waals surface area contributed by atoms with Gasteiger partial charge in [-0.05, 0) is 24.1 Å². The zero-order valence-electron chi connectivity index (χ0n) is 14.1. The van der Waals surface area contributed by atoms with Crippen LogP contribution < -0.4 is 5.32 Å². The van der Waals surface area contributed by atoms with E-state index in [4.69, 9.17) is 4.84 Å². The zero-order chi connectivity index (χ0) is 17.4. The van der Waals surface area contributed by atoms with E-state index in [2.05, 4.69) is 31.7 Å². The van der Waals surface area contributed by atoms with Crippen molar-refractivity contribution in [3.8, 4) is 0 Å². The van der Waals surface area contributed by atoms with Gasteiger partial charge in [-0.1, -0.05) is 58.3 Å². The molecule has 2 aromatic carbocycles. The Morgan fingerprint density at radius 3 is 2.73 bits per heavy atom. The molecule has 0 unspecified atom stereocenters. The summed E-state index contributed by atoms with van der Waals surface area (Å²) >= 11 is 3.46. The van der Waals surface area contributed by atoms with Crippen LogP contribution in [0.5, 0.6) is 0 Å². The fourth-order valence-corrected chi connectivity index (χ4v) is 3.40. The van der Waals surface area contributed by atoms with Crippen molar-refractivity contribution < 1.29 is 42.3 Å². The van der Waals surface area contributed by atoms with Gasteiger partial charge in [-0.15, -0.1) is 5.69 Å². The van der Waals surface area contributed by atoms with E-state index in [1.807, 2.05) is 49.4 Å². The number of nitrogens with one attached hydrogen (secondary N) is 1. The molecule has 1 amide bonds. The fraction of sp³-hybridized carbons (Fsp3) is 0.158. The van der Waals surface area contributed by atoms with Gasteiger partial charge < -0.3 is 20.3 Å². The number of allylic oxidation sites excluding steroid dienone is 1. The van der Waals surface area contributed by atoms with Crippen LogP contribution >= 0.6 is 15.9 Å². The molecule has 7 heteroatoms. The molecule has 1 radical (unpaired) electrons. The fourth-order valence-electron chi connectivity index (χ4n) is 2.95. The monoisotopic (exact) mass is 485 g/mol. The molecule has 1 N–H and O–H groups in total. The Morgan fingerprint density at radius 2 is 1.92 bits per heavy atom. The normalized spacial score (nSPS) is 18.7. The zero-order valence-corrected chi connectivity index (χ0v) is 18.5. The van der Waals surface area contributed by atoms with Crippen LogP contribution in [0.15, 0.2) is 57.8 Å². The third-order valence-corrected chi connectivity index (χ3v) is 4.70. The minimum atomic E-state index is -0.277. The number of para-hydroxylation sites is 2. The molecule has 2 aliphatic heterocycles. The van der Waals surface area contributed by atoms with Gasteiger partial charge in [-0.25, -0.2) is 0 Å². The molecule has 0 atom stereocenters. The first kappa shape index (κ1) is 19.3. The Balaban J connectivity index is 0.00000196. The molecule has 0 saturated heterocycles. The molecule has 0 aliphatic carbocycles.